The van der Waals surface area contributed by atoms with Gasteiger partial charge in [-0.15, -0.1) is 11.8 Å². The number of carbonyl (C=O) groups is 2. The standard InChI is InChI=1S/C32H25F2N5O2S/c33-22-13-15-24(16-14-22)39-32-29(30(37-39)21-8-2-1-3-9-21)31(25-11-4-5-12-26(25)34)42-20-28(41)38(32)19-27(40)36-18-23-10-6-7-17-35-23/h1-17,31H,18-20H2,(H,36,40)/t31-/m1/s1. The first kappa shape index (κ1) is 27.3. The number of benzene rings is 3. The van der Waals surface area contributed by atoms with Crippen molar-refractivity contribution in [2.45, 2.75) is 11.8 Å². The van der Waals surface area contributed by atoms with E-state index >= 15 is 4.39 Å². The molecule has 10 heteroatoms. The molecule has 0 fully saturated rings. The Kier molecular flexibility index (Phi) is 7.78. The smallest absolute Gasteiger partial charge is 0.240 e. The fourth-order valence-electron chi connectivity index (χ4n) is 4.92. The molecule has 1 aliphatic heterocycles. The summed E-state index contributed by atoms with van der Waals surface area (Å²) in [5, 5.41) is 7.14. The molecule has 0 unspecified atom stereocenters. The maximum atomic E-state index is 15.3. The van der Waals surface area contributed by atoms with Gasteiger partial charge in [-0.3, -0.25) is 19.5 Å². The third kappa shape index (κ3) is 5.53. The van der Waals surface area contributed by atoms with E-state index < -0.39 is 22.8 Å². The largest absolute Gasteiger partial charge is 0.349 e. The van der Waals surface area contributed by atoms with Crippen molar-refractivity contribution in [3.05, 3.63) is 132 Å². The van der Waals surface area contributed by atoms with Crippen LogP contribution in [0.25, 0.3) is 16.9 Å². The molecule has 0 radical (unpaired) electrons. The van der Waals surface area contributed by atoms with E-state index in [1.807, 2.05) is 36.4 Å². The third-order valence-corrected chi connectivity index (χ3v) is 8.13. The number of hydrogen-bond acceptors (Lipinski definition) is 5. The normalized spacial score (nSPS) is 14.8. The zero-order chi connectivity index (χ0) is 29.1. The average Bonchev–Trinajstić information content (AvgIpc) is 3.34. The number of nitrogens with one attached hydrogen (secondary N) is 1. The fraction of sp³-hybridized carbons (Fsp3) is 0.125. The lowest BCUT2D eigenvalue weighted by molar-refractivity contribution is -0.123. The molecule has 1 atom stereocenters. The van der Waals surface area contributed by atoms with Gasteiger partial charge >= 0.3 is 0 Å². The summed E-state index contributed by atoms with van der Waals surface area (Å²) in [4.78, 5) is 32.6. The van der Waals surface area contributed by atoms with Crippen molar-refractivity contribution in [3.63, 3.8) is 0 Å². The molecular formula is C32H25F2N5O2S. The molecule has 1 aliphatic rings. The van der Waals surface area contributed by atoms with Crippen molar-refractivity contribution in [1.29, 1.82) is 0 Å². The third-order valence-electron chi connectivity index (χ3n) is 6.89. The van der Waals surface area contributed by atoms with Gasteiger partial charge in [-0.25, -0.2) is 13.5 Å². The Labute approximate surface area is 245 Å². The topological polar surface area (TPSA) is 80.1 Å². The molecule has 0 saturated heterocycles. The Morgan fingerprint density at radius 3 is 2.40 bits per heavy atom. The maximum absolute atomic E-state index is 15.3. The fourth-order valence-corrected chi connectivity index (χ4v) is 6.13. The minimum atomic E-state index is -0.615. The first-order valence-corrected chi connectivity index (χ1v) is 14.3. The number of amides is 2. The van der Waals surface area contributed by atoms with Crippen LogP contribution in [-0.2, 0) is 16.1 Å². The van der Waals surface area contributed by atoms with Crippen molar-refractivity contribution < 1.29 is 18.4 Å². The van der Waals surface area contributed by atoms with Crippen LogP contribution in [0.1, 0.15) is 22.1 Å². The molecule has 2 aromatic heterocycles. The van der Waals surface area contributed by atoms with Crippen LogP contribution in [0.2, 0.25) is 0 Å². The number of anilines is 1. The minimum absolute atomic E-state index is 0.00114. The van der Waals surface area contributed by atoms with Crippen molar-refractivity contribution >= 4 is 29.4 Å². The van der Waals surface area contributed by atoms with Crippen molar-refractivity contribution in [2.24, 2.45) is 0 Å². The van der Waals surface area contributed by atoms with Gasteiger partial charge in [0.05, 0.1) is 34.6 Å². The molecule has 7 nitrogen and oxygen atoms in total. The van der Waals surface area contributed by atoms with Crippen molar-refractivity contribution in [2.75, 3.05) is 17.2 Å². The Morgan fingerprint density at radius 2 is 1.67 bits per heavy atom. The van der Waals surface area contributed by atoms with Crippen molar-refractivity contribution in [3.8, 4) is 16.9 Å². The summed E-state index contributed by atoms with van der Waals surface area (Å²) in [5.74, 6) is -1.25. The van der Waals surface area contributed by atoms with Crippen LogP contribution in [0.3, 0.4) is 0 Å². The highest BCUT2D eigenvalue weighted by atomic mass is 32.2. The second-order valence-electron chi connectivity index (χ2n) is 9.63. The summed E-state index contributed by atoms with van der Waals surface area (Å²) in [6, 6.07) is 27.0. The van der Waals surface area contributed by atoms with E-state index in [-0.39, 0.29) is 24.7 Å². The summed E-state index contributed by atoms with van der Waals surface area (Å²) in [6.45, 7) is -0.113. The molecule has 0 saturated carbocycles. The maximum Gasteiger partial charge on any atom is 0.240 e. The summed E-state index contributed by atoms with van der Waals surface area (Å²) in [5.41, 5.74) is 3.43. The zero-order valence-corrected chi connectivity index (χ0v) is 23.1. The Morgan fingerprint density at radius 1 is 0.929 bits per heavy atom. The summed E-state index contributed by atoms with van der Waals surface area (Å²) in [7, 11) is 0. The van der Waals surface area contributed by atoms with E-state index in [0.29, 0.717) is 34.0 Å². The van der Waals surface area contributed by atoms with Gasteiger partial charge in [-0.1, -0.05) is 54.6 Å². The number of thioether (sulfide) groups is 1. The molecule has 5 aromatic rings. The summed E-state index contributed by atoms with van der Waals surface area (Å²) in [6.07, 6.45) is 1.64. The van der Waals surface area contributed by atoms with E-state index in [1.54, 1.807) is 53.3 Å². The van der Waals surface area contributed by atoms with E-state index in [2.05, 4.69) is 10.3 Å². The summed E-state index contributed by atoms with van der Waals surface area (Å²) < 4.78 is 30.8. The molecule has 0 spiro atoms. The molecule has 2 amide bonds. The predicted molar refractivity (Wildman–Crippen MR) is 158 cm³/mol. The number of halogens is 2. The lowest BCUT2D eigenvalue weighted by atomic mass is 9.99. The second-order valence-corrected chi connectivity index (χ2v) is 10.7. The number of fused-ring (bicyclic) bond motifs is 1. The molecule has 42 heavy (non-hydrogen) atoms. The van der Waals surface area contributed by atoms with Crippen molar-refractivity contribution in [1.82, 2.24) is 20.1 Å². The monoisotopic (exact) mass is 581 g/mol. The quantitative estimate of drug-likeness (QED) is 0.267. The number of rotatable bonds is 7. The number of aromatic nitrogens is 3. The molecule has 0 bridgehead atoms. The lowest BCUT2D eigenvalue weighted by Gasteiger charge is -2.23. The molecule has 3 aromatic carbocycles. The van der Waals surface area contributed by atoms with Gasteiger partial charge in [0, 0.05) is 22.9 Å². The van der Waals surface area contributed by atoms with Gasteiger partial charge in [0.25, 0.3) is 0 Å². The van der Waals surface area contributed by atoms with Gasteiger partial charge in [-0.05, 0) is 42.5 Å². The number of hydrogen-bond donors (Lipinski definition) is 1. The first-order chi connectivity index (χ1) is 20.5. The highest BCUT2D eigenvalue weighted by Crippen LogP contribution is 2.49. The Balaban J connectivity index is 1.52. The minimum Gasteiger partial charge on any atom is -0.349 e. The van der Waals surface area contributed by atoms with Crippen LogP contribution in [0.4, 0.5) is 14.6 Å². The van der Waals surface area contributed by atoms with E-state index in [1.165, 1.54) is 34.9 Å². The molecule has 210 valence electrons. The van der Waals surface area contributed by atoms with Crippen LogP contribution in [-0.4, -0.2) is 38.9 Å². The second kappa shape index (κ2) is 12.0. The SMILES string of the molecule is O=C(CN1C(=O)CS[C@H](c2ccccc2F)c2c(-c3ccccc3)nn(-c3ccc(F)cc3)c21)NCc1ccccn1. The molecular weight excluding hydrogens is 556 g/mol. The van der Waals surface area contributed by atoms with Gasteiger partial charge in [-0.2, -0.15) is 5.10 Å². The van der Waals surface area contributed by atoms with Crippen LogP contribution in [0.5, 0.6) is 0 Å². The average molecular weight is 582 g/mol. The zero-order valence-electron chi connectivity index (χ0n) is 22.3. The van der Waals surface area contributed by atoms with Crippen LogP contribution in [0, 0.1) is 11.6 Å². The predicted octanol–water partition coefficient (Wildman–Crippen LogP) is 5.70. The number of nitrogens with zero attached hydrogens (tertiary/aromatic N) is 4. The van der Waals surface area contributed by atoms with Gasteiger partial charge < -0.3 is 5.32 Å². The van der Waals surface area contributed by atoms with Gasteiger partial charge in [0.2, 0.25) is 11.8 Å². The van der Waals surface area contributed by atoms with E-state index in [4.69, 9.17) is 5.10 Å². The van der Waals surface area contributed by atoms with Gasteiger partial charge in [0.15, 0.2) is 0 Å². The first-order valence-electron chi connectivity index (χ1n) is 13.3. The number of pyridine rings is 1. The highest BCUT2D eigenvalue weighted by Gasteiger charge is 2.38. The molecule has 6 rings (SSSR count). The highest BCUT2D eigenvalue weighted by molar-refractivity contribution is 8.00. The Hall–Kier alpha value is -4.83. The van der Waals surface area contributed by atoms with E-state index in [9.17, 15) is 14.0 Å². The van der Waals surface area contributed by atoms with Crippen LogP contribution < -0.4 is 10.2 Å². The van der Waals surface area contributed by atoms with E-state index in [0.717, 1.165) is 5.56 Å². The summed E-state index contributed by atoms with van der Waals surface area (Å²) >= 11 is 1.28. The molecule has 0 aliphatic carbocycles. The van der Waals surface area contributed by atoms with Crippen LogP contribution >= 0.6 is 11.8 Å². The molecule has 1 N–H and O–H groups in total. The Bertz CT molecular complexity index is 1730. The lowest BCUT2D eigenvalue weighted by Crippen LogP contribution is -2.42. The molecule has 3 heterocycles. The number of carbonyl (C=O) groups excluding carboxylic acids is 2. The van der Waals surface area contributed by atoms with Crippen LogP contribution in [0.15, 0.2) is 103 Å². The van der Waals surface area contributed by atoms with Gasteiger partial charge in [0.1, 0.15) is 24.0 Å².